The first-order valence-corrected chi connectivity index (χ1v) is 8.59. The molecule has 134 valence electrons. The Morgan fingerprint density at radius 2 is 1.92 bits per heavy atom. The molecule has 1 N–H and O–H groups in total. The van der Waals surface area contributed by atoms with Crippen LogP contribution < -0.4 is 10.2 Å². The maximum Gasteiger partial charge on any atom is 0.255 e. The number of hydrogen-bond acceptors (Lipinski definition) is 5. The van der Waals surface area contributed by atoms with Crippen LogP contribution in [0.1, 0.15) is 31.1 Å². The van der Waals surface area contributed by atoms with Crippen molar-refractivity contribution in [2.75, 3.05) is 43.4 Å². The summed E-state index contributed by atoms with van der Waals surface area (Å²) in [4.78, 5) is 21.5. The van der Waals surface area contributed by atoms with E-state index in [1.165, 1.54) is 0 Å². The van der Waals surface area contributed by atoms with Gasteiger partial charge in [-0.05, 0) is 40.0 Å². The number of anilines is 2. The van der Waals surface area contributed by atoms with Gasteiger partial charge in [-0.25, -0.2) is 4.98 Å². The summed E-state index contributed by atoms with van der Waals surface area (Å²) in [6.45, 7) is 10.1. The molecule has 2 aromatic rings. The zero-order valence-electron chi connectivity index (χ0n) is 15.4. The summed E-state index contributed by atoms with van der Waals surface area (Å²) < 4.78 is 1.84. The lowest BCUT2D eigenvalue weighted by Crippen LogP contribution is -2.44. The van der Waals surface area contributed by atoms with Gasteiger partial charge in [-0.2, -0.15) is 5.10 Å². The molecule has 7 nitrogen and oxygen atoms in total. The fraction of sp³-hybridized carbons (Fsp3) is 0.500. The Bertz CT molecular complexity index is 740. The van der Waals surface area contributed by atoms with Crippen LogP contribution in [0, 0.1) is 0 Å². The van der Waals surface area contributed by atoms with Crippen molar-refractivity contribution in [3.63, 3.8) is 0 Å². The van der Waals surface area contributed by atoms with Gasteiger partial charge in [0, 0.05) is 44.1 Å². The van der Waals surface area contributed by atoms with Crippen molar-refractivity contribution in [2.24, 2.45) is 0 Å². The number of piperazine rings is 1. The summed E-state index contributed by atoms with van der Waals surface area (Å²) in [6.07, 6.45) is 5.22. The van der Waals surface area contributed by atoms with Crippen LogP contribution in [0.5, 0.6) is 0 Å². The van der Waals surface area contributed by atoms with Gasteiger partial charge in [0.15, 0.2) is 0 Å². The van der Waals surface area contributed by atoms with Crippen LogP contribution in [-0.2, 0) is 5.54 Å². The molecule has 1 aliphatic rings. The smallest absolute Gasteiger partial charge is 0.255 e. The number of nitrogens with one attached hydrogen (secondary N) is 1. The van der Waals surface area contributed by atoms with Crippen LogP contribution in [0.25, 0.3) is 0 Å². The highest BCUT2D eigenvalue weighted by atomic mass is 16.1. The van der Waals surface area contributed by atoms with E-state index in [-0.39, 0.29) is 11.4 Å². The van der Waals surface area contributed by atoms with Gasteiger partial charge in [0.05, 0.1) is 17.4 Å². The number of hydrogen-bond donors (Lipinski definition) is 1. The van der Waals surface area contributed by atoms with E-state index in [0.717, 1.165) is 32.0 Å². The van der Waals surface area contributed by atoms with Crippen molar-refractivity contribution in [2.45, 2.75) is 26.3 Å². The molecule has 3 rings (SSSR count). The molecule has 0 spiro atoms. The zero-order chi connectivity index (χ0) is 18.0. The number of amides is 1. The van der Waals surface area contributed by atoms with Crippen LogP contribution in [0.4, 0.5) is 11.5 Å². The van der Waals surface area contributed by atoms with Crippen molar-refractivity contribution >= 4 is 17.4 Å². The molecule has 7 heteroatoms. The Kier molecular flexibility index (Phi) is 4.76. The van der Waals surface area contributed by atoms with Gasteiger partial charge in [-0.1, -0.05) is 0 Å². The van der Waals surface area contributed by atoms with Gasteiger partial charge in [0.2, 0.25) is 0 Å². The molecule has 0 aromatic carbocycles. The van der Waals surface area contributed by atoms with Crippen LogP contribution in [0.15, 0.2) is 30.7 Å². The second-order valence-corrected chi connectivity index (χ2v) is 7.49. The average Bonchev–Trinajstić information content (AvgIpc) is 3.04. The standard InChI is InChI=1S/C18H26N6O/c1-18(2,3)24-13-15(12-20-24)21-17(25)14-5-6-19-16(11-14)23-9-7-22(4)8-10-23/h5-6,11-13H,7-10H2,1-4H3,(H,21,25). The van der Waals surface area contributed by atoms with Crippen LogP contribution >= 0.6 is 0 Å². The number of carbonyl (C=O) groups excluding carboxylic acids is 1. The van der Waals surface area contributed by atoms with Gasteiger partial charge in [-0.15, -0.1) is 0 Å². The molecule has 0 aliphatic carbocycles. The lowest BCUT2D eigenvalue weighted by atomic mass is 10.1. The lowest BCUT2D eigenvalue weighted by Gasteiger charge is -2.33. The zero-order valence-corrected chi connectivity index (χ0v) is 15.4. The van der Waals surface area contributed by atoms with Crippen LogP contribution in [-0.4, -0.2) is 58.8 Å². The summed E-state index contributed by atoms with van der Waals surface area (Å²) in [5.74, 6) is 0.706. The van der Waals surface area contributed by atoms with E-state index in [2.05, 4.69) is 53.0 Å². The Balaban J connectivity index is 1.70. The number of rotatable bonds is 3. The van der Waals surface area contributed by atoms with E-state index in [4.69, 9.17) is 0 Å². The van der Waals surface area contributed by atoms with Gasteiger partial charge in [0.25, 0.3) is 5.91 Å². The SMILES string of the molecule is CN1CCN(c2cc(C(=O)Nc3cnn(C(C)(C)C)c3)ccn2)CC1. The third kappa shape index (κ3) is 4.17. The Labute approximate surface area is 148 Å². The fourth-order valence-electron chi connectivity index (χ4n) is 2.73. The summed E-state index contributed by atoms with van der Waals surface area (Å²) in [6, 6.07) is 3.60. The first kappa shape index (κ1) is 17.4. The third-order valence-electron chi connectivity index (χ3n) is 4.36. The number of likely N-dealkylation sites (N-methyl/N-ethyl adjacent to an activating group) is 1. The molecule has 0 unspecified atom stereocenters. The van der Waals surface area contributed by atoms with Crippen LogP contribution in [0.3, 0.4) is 0 Å². The topological polar surface area (TPSA) is 66.3 Å². The minimum Gasteiger partial charge on any atom is -0.354 e. The van der Waals surface area contributed by atoms with Crippen molar-refractivity contribution in [1.29, 1.82) is 0 Å². The molecule has 1 aliphatic heterocycles. The molecular weight excluding hydrogens is 316 g/mol. The molecule has 2 aromatic heterocycles. The van der Waals surface area contributed by atoms with E-state index in [1.54, 1.807) is 18.5 Å². The summed E-state index contributed by atoms with van der Waals surface area (Å²) in [5.41, 5.74) is 1.18. The van der Waals surface area contributed by atoms with Crippen molar-refractivity contribution in [3.8, 4) is 0 Å². The highest BCUT2D eigenvalue weighted by Crippen LogP contribution is 2.18. The highest BCUT2D eigenvalue weighted by Gasteiger charge is 2.18. The molecule has 1 amide bonds. The average molecular weight is 342 g/mol. The normalized spacial score (nSPS) is 16.1. The maximum absolute atomic E-state index is 12.6. The van der Waals surface area contributed by atoms with Crippen LogP contribution in [0.2, 0.25) is 0 Å². The van der Waals surface area contributed by atoms with E-state index < -0.39 is 0 Å². The van der Waals surface area contributed by atoms with E-state index in [0.29, 0.717) is 11.3 Å². The predicted molar refractivity (Wildman–Crippen MR) is 99.1 cm³/mol. The first-order chi connectivity index (χ1) is 11.8. The molecule has 25 heavy (non-hydrogen) atoms. The van der Waals surface area contributed by atoms with Crippen molar-refractivity contribution < 1.29 is 4.79 Å². The van der Waals surface area contributed by atoms with Crippen molar-refractivity contribution in [1.82, 2.24) is 19.7 Å². The van der Waals surface area contributed by atoms with Gasteiger partial charge in [0.1, 0.15) is 5.82 Å². The predicted octanol–water partition coefficient (Wildman–Crippen LogP) is 2.04. The Morgan fingerprint density at radius 1 is 1.20 bits per heavy atom. The third-order valence-corrected chi connectivity index (χ3v) is 4.36. The first-order valence-electron chi connectivity index (χ1n) is 8.59. The second-order valence-electron chi connectivity index (χ2n) is 7.49. The van der Waals surface area contributed by atoms with E-state index in [9.17, 15) is 4.79 Å². The highest BCUT2D eigenvalue weighted by molar-refractivity contribution is 6.04. The molecule has 0 saturated carbocycles. The Morgan fingerprint density at radius 3 is 2.56 bits per heavy atom. The summed E-state index contributed by atoms with van der Waals surface area (Å²) in [5, 5.41) is 7.22. The Hall–Kier alpha value is -2.41. The summed E-state index contributed by atoms with van der Waals surface area (Å²) >= 11 is 0. The number of carbonyl (C=O) groups is 1. The monoisotopic (exact) mass is 342 g/mol. The molecule has 3 heterocycles. The molecule has 1 saturated heterocycles. The minimum absolute atomic E-state index is 0.117. The number of pyridine rings is 1. The molecule has 0 atom stereocenters. The summed E-state index contributed by atoms with van der Waals surface area (Å²) in [7, 11) is 2.12. The number of nitrogens with zero attached hydrogens (tertiary/aromatic N) is 5. The minimum atomic E-state index is -0.147. The molecule has 0 bridgehead atoms. The van der Waals surface area contributed by atoms with Gasteiger partial charge >= 0.3 is 0 Å². The van der Waals surface area contributed by atoms with Gasteiger partial charge in [-0.3, -0.25) is 9.48 Å². The molecule has 1 fully saturated rings. The number of aromatic nitrogens is 3. The largest absolute Gasteiger partial charge is 0.354 e. The molecular formula is C18H26N6O. The second kappa shape index (κ2) is 6.84. The van der Waals surface area contributed by atoms with E-state index >= 15 is 0 Å². The lowest BCUT2D eigenvalue weighted by molar-refractivity contribution is 0.102. The quantitative estimate of drug-likeness (QED) is 0.925. The fourth-order valence-corrected chi connectivity index (χ4v) is 2.73. The molecule has 0 radical (unpaired) electrons. The van der Waals surface area contributed by atoms with E-state index in [1.807, 2.05) is 16.9 Å². The maximum atomic E-state index is 12.6. The van der Waals surface area contributed by atoms with Crippen molar-refractivity contribution in [3.05, 3.63) is 36.3 Å². The van der Waals surface area contributed by atoms with Gasteiger partial charge < -0.3 is 15.1 Å².